The molecule has 0 aliphatic carbocycles. The molecule has 1 aromatic carbocycles. The van der Waals surface area contributed by atoms with Crippen LogP contribution in [0.3, 0.4) is 0 Å². The second-order valence-electron chi connectivity index (χ2n) is 5.37. The van der Waals surface area contributed by atoms with Gasteiger partial charge in [0, 0.05) is 12.0 Å². The number of hydrogen-bond acceptors (Lipinski definition) is 3. The lowest BCUT2D eigenvalue weighted by atomic mass is 9.89. The van der Waals surface area contributed by atoms with Crippen LogP contribution in [0.1, 0.15) is 27.2 Å². The van der Waals surface area contributed by atoms with Crippen molar-refractivity contribution in [3.05, 3.63) is 30.1 Å². The van der Waals surface area contributed by atoms with E-state index in [9.17, 15) is 14.3 Å². The van der Waals surface area contributed by atoms with Crippen LogP contribution >= 0.6 is 0 Å². The molecule has 1 unspecified atom stereocenters. The van der Waals surface area contributed by atoms with Crippen LogP contribution in [0.15, 0.2) is 24.3 Å². The van der Waals surface area contributed by atoms with Crippen molar-refractivity contribution in [2.24, 2.45) is 5.41 Å². The maximum absolute atomic E-state index is 12.7. The number of ether oxygens (including phenoxy) is 1. The van der Waals surface area contributed by atoms with Crippen molar-refractivity contribution in [2.75, 3.05) is 13.2 Å². The summed E-state index contributed by atoms with van der Waals surface area (Å²) in [4.78, 5) is 11.8. The topological polar surface area (TPSA) is 58.6 Å². The number of hydrogen-bond donors (Lipinski definition) is 2. The minimum Gasteiger partial charge on any atom is -0.491 e. The van der Waals surface area contributed by atoms with E-state index in [4.69, 9.17) is 4.74 Å². The molecule has 1 aromatic rings. The summed E-state index contributed by atoms with van der Waals surface area (Å²) in [6, 6.07) is 5.54. The third-order valence-corrected chi connectivity index (χ3v) is 3.25. The SMILES string of the molecule is CCC(C)(C)C(=O)NCC(O)COc1ccc(F)cc1. The van der Waals surface area contributed by atoms with Crippen molar-refractivity contribution in [1.29, 1.82) is 0 Å². The second kappa shape index (κ2) is 7.24. The summed E-state index contributed by atoms with van der Waals surface area (Å²) in [5.74, 6) is 0.0402. The minimum atomic E-state index is -0.809. The smallest absolute Gasteiger partial charge is 0.225 e. The van der Waals surface area contributed by atoms with Crippen LogP contribution in [-0.4, -0.2) is 30.3 Å². The average molecular weight is 283 g/mol. The third kappa shape index (κ3) is 5.17. The van der Waals surface area contributed by atoms with Crippen LogP contribution in [0.2, 0.25) is 0 Å². The number of aliphatic hydroxyl groups excluding tert-OH is 1. The molecule has 0 saturated heterocycles. The second-order valence-corrected chi connectivity index (χ2v) is 5.37. The van der Waals surface area contributed by atoms with Gasteiger partial charge in [-0.2, -0.15) is 0 Å². The Hall–Kier alpha value is -1.62. The quantitative estimate of drug-likeness (QED) is 0.806. The van der Waals surface area contributed by atoms with Gasteiger partial charge in [0.05, 0.1) is 0 Å². The van der Waals surface area contributed by atoms with Gasteiger partial charge in [-0.15, -0.1) is 0 Å². The van der Waals surface area contributed by atoms with E-state index in [0.717, 1.165) is 6.42 Å². The highest BCUT2D eigenvalue weighted by Gasteiger charge is 2.25. The summed E-state index contributed by atoms with van der Waals surface area (Å²) in [6.45, 7) is 5.81. The number of carbonyl (C=O) groups is 1. The van der Waals surface area contributed by atoms with Crippen LogP contribution in [0, 0.1) is 11.2 Å². The molecule has 0 aromatic heterocycles. The molecular formula is C15H22FNO3. The number of amides is 1. The van der Waals surface area contributed by atoms with Crippen LogP contribution in [-0.2, 0) is 4.79 Å². The molecule has 5 heteroatoms. The number of carbonyl (C=O) groups excluding carboxylic acids is 1. The van der Waals surface area contributed by atoms with Crippen LogP contribution in [0.25, 0.3) is 0 Å². The zero-order valence-corrected chi connectivity index (χ0v) is 12.1. The Morgan fingerprint density at radius 1 is 1.40 bits per heavy atom. The van der Waals surface area contributed by atoms with Crippen molar-refractivity contribution in [1.82, 2.24) is 5.32 Å². The summed E-state index contributed by atoms with van der Waals surface area (Å²) in [5, 5.41) is 12.4. The highest BCUT2D eigenvalue weighted by Crippen LogP contribution is 2.19. The molecule has 0 spiro atoms. The number of benzene rings is 1. The van der Waals surface area contributed by atoms with E-state index in [0.29, 0.717) is 5.75 Å². The maximum Gasteiger partial charge on any atom is 0.225 e. The number of nitrogens with one attached hydrogen (secondary N) is 1. The van der Waals surface area contributed by atoms with Gasteiger partial charge in [-0.05, 0) is 30.7 Å². The fourth-order valence-electron chi connectivity index (χ4n) is 1.39. The van der Waals surface area contributed by atoms with Crippen molar-refractivity contribution in [2.45, 2.75) is 33.3 Å². The first kappa shape index (κ1) is 16.4. The molecule has 4 nitrogen and oxygen atoms in total. The summed E-state index contributed by atoms with van der Waals surface area (Å²) < 4.78 is 18.0. The molecule has 1 atom stereocenters. The van der Waals surface area contributed by atoms with Gasteiger partial charge in [0.1, 0.15) is 24.3 Å². The Labute approximate surface area is 119 Å². The normalized spacial score (nSPS) is 12.8. The molecule has 112 valence electrons. The lowest BCUT2D eigenvalue weighted by Gasteiger charge is -2.22. The van der Waals surface area contributed by atoms with Crippen LogP contribution in [0.4, 0.5) is 4.39 Å². The minimum absolute atomic E-state index is 0.0401. The van der Waals surface area contributed by atoms with E-state index in [1.807, 2.05) is 20.8 Å². The first-order valence-electron chi connectivity index (χ1n) is 6.70. The molecule has 1 amide bonds. The van der Waals surface area contributed by atoms with Gasteiger partial charge in [0.25, 0.3) is 0 Å². The molecule has 0 bridgehead atoms. The molecule has 0 saturated carbocycles. The highest BCUT2D eigenvalue weighted by molar-refractivity contribution is 5.81. The van der Waals surface area contributed by atoms with Gasteiger partial charge < -0.3 is 15.2 Å². The molecule has 0 aliphatic heterocycles. The molecule has 0 radical (unpaired) electrons. The molecular weight excluding hydrogens is 261 g/mol. The van der Waals surface area contributed by atoms with Crippen molar-refractivity contribution in [3.8, 4) is 5.75 Å². The Balaban J connectivity index is 2.32. The van der Waals surface area contributed by atoms with Crippen LogP contribution in [0.5, 0.6) is 5.75 Å². The highest BCUT2D eigenvalue weighted by atomic mass is 19.1. The van der Waals surface area contributed by atoms with E-state index in [2.05, 4.69) is 5.32 Å². The van der Waals surface area contributed by atoms with Crippen LogP contribution < -0.4 is 10.1 Å². The predicted molar refractivity (Wildman–Crippen MR) is 75.0 cm³/mol. The van der Waals surface area contributed by atoms with Crippen molar-refractivity contribution < 1.29 is 19.0 Å². The van der Waals surface area contributed by atoms with E-state index in [-0.39, 0.29) is 24.9 Å². The summed E-state index contributed by atoms with van der Waals surface area (Å²) in [7, 11) is 0. The van der Waals surface area contributed by atoms with Gasteiger partial charge in [-0.25, -0.2) is 4.39 Å². The maximum atomic E-state index is 12.7. The van der Waals surface area contributed by atoms with Crippen molar-refractivity contribution >= 4 is 5.91 Å². The molecule has 1 rings (SSSR count). The van der Waals surface area contributed by atoms with Crippen molar-refractivity contribution in [3.63, 3.8) is 0 Å². The first-order chi connectivity index (χ1) is 9.35. The number of rotatable bonds is 7. The fourth-order valence-corrected chi connectivity index (χ4v) is 1.39. The molecule has 0 fully saturated rings. The Bertz CT molecular complexity index is 431. The summed E-state index contributed by atoms with van der Waals surface area (Å²) in [6.07, 6.45) is -0.0854. The Morgan fingerprint density at radius 3 is 2.55 bits per heavy atom. The zero-order valence-electron chi connectivity index (χ0n) is 12.1. The van der Waals surface area contributed by atoms with Gasteiger partial charge in [-0.1, -0.05) is 20.8 Å². The van der Waals surface area contributed by atoms with E-state index < -0.39 is 11.5 Å². The van der Waals surface area contributed by atoms with E-state index in [1.54, 1.807) is 0 Å². The molecule has 0 heterocycles. The van der Waals surface area contributed by atoms with Gasteiger partial charge in [0.2, 0.25) is 5.91 Å². The lowest BCUT2D eigenvalue weighted by molar-refractivity contribution is -0.130. The largest absolute Gasteiger partial charge is 0.491 e. The third-order valence-electron chi connectivity index (χ3n) is 3.25. The van der Waals surface area contributed by atoms with E-state index >= 15 is 0 Å². The molecule has 20 heavy (non-hydrogen) atoms. The number of aliphatic hydroxyl groups is 1. The monoisotopic (exact) mass is 283 g/mol. The molecule has 0 aliphatic rings. The number of halogens is 1. The standard InChI is InChI=1S/C15H22FNO3/c1-4-15(2,3)14(19)17-9-12(18)10-20-13-7-5-11(16)6-8-13/h5-8,12,18H,4,9-10H2,1-3H3,(H,17,19). The van der Waals surface area contributed by atoms with Gasteiger partial charge >= 0.3 is 0 Å². The summed E-state index contributed by atoms with van der Waals surface area (Å²) >= 11 is 0. The van der Waals surface area contributed by atoms with Gasteiger partial charge in [-0.3, -0.25) is 4.79 Å². The average Bonchev–Trinajstić information content (AvgIpc) is 2.44. The lowest BCUT2D eigenvalue weighted by Crippen LogP contribution is -2.41. The predicted octanol–water partition coefficient (Wildman–Crippen LogP) is 2.12. The first-order valence-corrected chi connectivity index (χ1v) is 6.70. The Morgan fingerprint density at radius 2 is 2.00 bits per heavy atom. The Kier molecular flexibility index (Phi) is 5.95. The zero-order chi connectivity index (χ0) is 15.2. The fraction of sp³-hybridized carbons (Fsp3) is 0.533. The summed E-state index contributed by atoms with van der Waals surface area (Å²) in [5.41, 5.74) is -0.447. The molecule has 2 N–H and O–H groups in total. The van der Waals surface area contributed by atoms with E-state index in [1.165, 1.54) is 24.3 Å². The van der Waals surface area contributed by atoms with Gasteiger partial charge in [0.15, 0.2) is 0 Å².